The first-order chi connectivity index (χ1) is 5.47. The molecule has 12 heavy (non-hydrogen) atoms. The number of hydrogen-bond donors (Lipinski definition) is 0. The van der Waals surface area contributed by atoms with Crippen molar-refractivity contribution in [3.63, 3.8) is 0 Å². The molecule has 0 saturated carbocycles. The third kappa shape index (κ3) is 3.05. The number of hydrogen-bond acceptors (Lipinski definition) is 0. The fraction of sp³-hybridized carbons (Fsp3) is 0.125. The monoisotopic (exact) mass is 193 g/mol. The SMILES string of the molecule is FC(F)(F)[CH-]c1cccc(Cl)c1. The van der Waals surface area contributed by atoms with Gasteiger partial charge in [-0.15, -0.1) is 12.1 Å². The second-order valence-electron chi connectivity index (χ2n) is 2.24. The number of rotatable bonds is 1. The van der Waals surface area contributed by atoms with Gasteiger partial charge in [-0.2, -0.15) is 24.8 Å². The van der Waals surface area contributed by atoms with Crippen LogP contribution in [-0.2, 0) is 0 Å². The maximum atomic E-state index is 11.8. The van der Waals surface area contributed by atoms with E-state index in [4.69, 9.17) is 11.6 Å². The van der Waals surface area contributed by atoms with Gasteiger partial charge in [-0.1, -0.05) is 24.1 Å². The largest absolute Gasteiger partial charge is 0.364 e. The van der Waals surface area contributed by atoms with Crippen LogP contribution in [0.1, 0.15) is 5.56 Å². The Morgan fingerprint density at radius 3 is 2.42 bits per heavy atom. The second-order valence-corrected chi connectivity index (χ2v) is 2.68. The molecule has 0 spiro atoms. The van der Waals surface area contributed by atoms with E-state index in [1.165, 1.54) is 24.3 Å². The van der Waals surface area contributed by atoms with Crippen LogP contribution >= 0.6 is 11.6 Å². The Kier molecular flexibility index (Phi) is 2.52. The molecule has 1 rings (SSSR count). The van der Waals surface area contributed by atoms with Crippen LogP contribution in [0.4, 0.5) is 13.2 Å². The maximum Gasteiger partial charge on any atom is 0.364 e. The van der Waals surface area contributed by atoms with Crippen LogP contribution < -0.4 is 0 Å². The minimum absolute atomic E-state index is 0.0648. The smallest absolute Gasteiger partial charge is 0.182 e. The fourth-order valence-corrected chi connectivity index (χ4v) is 0.984. The van der Waals surface area contributed by atoms with Crippen molar-refractivity contribution in [2.24, 2.45) is 0 Å². The molecule has 4 heteroatoms. The van der Waals surface area contributed by atoms with Crippen LogP contribution in [0.2, 0.25) is 5.02 Å². The van der Waals surface area contributed by atoms with Gasteiger partial charge in [0.1, 0.15) is 0 Å². The minimum atomic E-state index is -4.29. The van der Waals surface area contributed by atoms with Crippen molar-refractivity contribution >= 4 is 11.6 Å². The minimum Gasteiger partial charge on any atom is -0.182 e. The van der Waals surface area contributed by atoms with Gasteiger partial charge in [0.05, 0.1) is 0 Å². The van der Waals surface area contributed by atoms with E-state index in [2.05, 4.69) is 0 Å². The highest BCUT2D eigenvalue weighted by Gasteiger charge is 2.21. The molecule has 0 heterocycles. The predicted molar refractivity (Wildman–Crippen MR) is 40.9 cm³/mol. The Balaban J connectivity index is 2.77. The average Bonchev–Trinajstić information content (AvgIpc) is 1.82. The lowest BCUT2D eigenvalue weighted by Crippen LogP contribution is -2.08. The Morgan fingerprint density at radius 2 is 1.92 bits per heavy atom. The molecular weight excluding hydrogens is 189 g/mol. The van der Waals surface area contributed by atoms with E-state index in [0.717, 1.165) is 0 Å². The van der Waals surface area contributed by atoms with Crippen molar-refractivity contribution in [3.8, 4) is 0 Å². The standard InChI is InChI=1S/C8H5ClF3/c9-7-3-1-2-6(4-7)5-8(10,11)12/h1-5H/q-1. The highest BCUT2D eigenvalue weighted by molar-refractivity contribution is 6.30. The molecule has 0 nitrogen and oxygen atoms in total. The second kappa shape index (κ2) is 3.27. The molecule has 0 saturated heterocycles. The summed E-state index contributed by atoms with van der Waals surface area (Å²) >= 11 is 5.49. The Bertz CT molecular complexity index is 267. The highest BCUT2D eigenvalue weighted by Crippen LogP contribution is 2.24. The zero-order valence-corrected chi connectivity index (χ0v) is 6.65. The first-order valence-electron chi connectivity index (χ1n) is 3.15. The summed E-state index contributed by atoms with van der Waals surface area (Å²) in [6.07, 6.45) is -4.08. The van der Waals surface area contributed by atoms with E-state index in [1.54, 1.807) is 0 Å². The summed E-state index contributed by atoms with van der Waals surface area (Å²) in [5.41, 5.74) is 0.0648. The lowest BCUT2D eigenvalue weighted by atomic mass is 10.1. The van der Waals surface area contributed by atoms with Crippen LogP contribution in [0.5, 0.6) is 0 Å². The van der Waals surface area contributed by atoms with Gasteiger partial charge in [-0.05, 0) is 5.02 Å². The quantitative estimate of drug-likeness (QED) is 0.600. The van der Waals surface area contributed by atoms with Crippen molar-refractivity contribution in [2.75, 3.05) is 0 Å². The third-order valence-corrected chi connectivity index (χ3v) is 1.41. The van der Waals surface area contributed by atoms with Gasteiger partial charge in [-0.3, -0.25) is 0 Å². The lowest BCUT2D eigenvalue weighted by molar-refractivity contribution is -0.0927. The summed E-state index contributed by atoms with van der Waals surface area (Å²) in [6, 6.07) is 5.60. The summed E-state index contributed by atoms with van der Waals surface area (Å²) in [4.78, 5) is 0. The molecule has 0 amide bonds. The summed E-state index contributed by atoms with van der Waals surface area (Å²) in [6.45, 7) is 0. The molecular formula is C8H5ClF3-. The zero-order chi connectivity index (χ0) is 9.19. The molecule has 1 aromatic rings. The van der Waals surface area contributed by atoms with E-state index in [9.17, 15) is 13.2 Å². The maximum absolute atomic E-state index is 11.8. The van der Waals surface area contributed by atoms with Crippen LogP contribution in [0, 0.1) is 6.42 Å². The van der Waals surface area contributed by atoms with E-state index >= 15 is 0 Å². The van der Waals surface area contributed by atoms with Gasteiger partial charge in [0.15, 0.2) is 0 Å². The summed E-state index contributed by atoms with van der Waals surface area (Å²) in [7, 11) is 0. The van der Waals surface area contributed by atoms with E-state index in [0.29, 0.717) is 5.02 Å². The predicted octanol–water partition coefficient (Wildman–Crippen LogP) is 3.45. The molecule has 0 atom stereocenters. The molecule has 0 aliphatic rings. The van der Waals surface area contributed by atoms with Crippen molar-refractivity contribution in [1.82, 2.24) is 0 Å². The van der Waals surface area contributed by atoms with Crippen LogP contribution in [0.15, 0.2) is 24.3 Å². The fourth-order valence-electron chi connectivity index (χ4n) is 0.785. The van der Waals surface area contributed by atoms with E-state index < -0.39 is 6.18 Å². The Hall–Kier alpha value is -0.830. The van der Waals surface area contributed by atoms with Gasteiger partial charge in [0.25, 0.3) is 0 Å². The number of halogens is 4. The average molecular weight is 194 g/mol. The van der Waals surface area contributed by atoms with Gasteiger partial charge < -0.3 is 0 Å². The molecule has 0 unspecified atom stereocenters. The van der Waals surface area contributed by atoms with Gasteiger partial charge in [-0.25, -0.2) is 0 Å². The van der Waals surface area contributed by atoms with Crippen LogP contribution in [0.3, 0.4) is 0 Å². The number of alkyl halides is 3. The lowest BCUT2D eigenvalue weighted by Gasteiger charge is -2.13. The molecule has 0 fully saturated rings. The van der Waals surface area contributed by atoms with Gasteiger partial charge in [0, 0.05) is 0 Å². The van der Waals surface area contributed by atoms with Crippen molar-refractivity contribution in [1.29, 1.82) is 0 Å². The van der Waals surface area contributed by atoms with E-state index in [1.807, 2.05) is 0 Å². The number of benzene rings is 1. The van der Waals surface area contributed by atoms with Crippen LogP contribution in [-0.4, -0.2) is 6.18 Å². The molecule has 0 aliphatic carbocycles. The summed E-state index contributed by atoms with van der Waals surface area (Å²) in [5, 5.41) is 0.299. The third-order valence-electron chi connectivity index (χ3n) is 1.18. The van der Waals surface area contributed by atoms with Gasteiger partial charge in [0.2, 0.25) is 0 Å². The Labute approximate surface area is 73.0 Å². The molecule has 0 aliphatic heterocycles. The first kappa shape index (κ1) is 9.26. The molecule has 66 valence electrons. The van der Waals surface area contributed by atoms with Crippen LogP contribution in [0.25, 0.3) is 0 Å². The van der Waals surface area contributed by atoms with E-state index in [-0.39, 0.29) is 12.0 Å². The highest BCUT2D eigenvalue weighted by atomic mass is 35.5. The normalized spacial score (nSPS) is 11.3. The molecule has 0 radical (unpaired) electrons. The molecule has 0 N–H and O–H groups in total. The van der Waals surface area contributed by atoms with Crippen molar-refractivity contribution in [2.45, 2.75) is 6.18 Å². The van der Waals surface area contributed by atoms with Crippen molar-refractivity contribution in [3.05, 3.63) is 41.3 Å². The topological polar surface area (TPSA) is 0 Å². The summed E-state index contributed by atoms with van der Waals surface area (Å²) in [5.74, 6) is 0. The van der Waals surface area contributed by atoms with Gasteiger partial charge >= 0.3 is 6.18 Å². The zero-order valence-electron chi connectivity index (χ0n) is 5.90. The first-order valence-corrected chi connectivity index (χ1v) is 3.53. The van der Waals surface area contributed by atoms with Crippen molar-refractivity contribution < 1.29 is 13.2 Å². The molecule has 0 aromatic heterocycles. The molecule has 1 aromatic carbocycles. The Morgan fingerprint density at radius 1 is 1.25 bits per heavy atom. The summed E-state index contributed by atoms with van der Waals surface area (Å²) < 4.78 is 35.3. The molecule has 0 bridgehead atoms.